The van der Waals surface area contributed by atoms with Crippen LogP contribution in [0.5, 0.6) is 0 Å². The number of rotatable bonds is 4. The van der Waals surface area contributed by atoms with E-state index in [0.29, 0.717) is 6.54 Å². The van der Waals surface area contributed by atoms with E-state index < -0.39 is 0 Å². The topological polar surface area (TPSA) is 42.0 Å². The molecule has 0 aliphatic heterocycles. The molecule has 1 saturated carbocycles. The third-order valence-corrected chi connectivity index (χ3v) is 3.90. The number of hydrogen-bond donors (Lipinski definition) is 1. The molecule has 1 aromatic heterocycles. The zero-order chi connectivity index (χ0) is 12.8. The predicted octanol–water partition coefficient (Wildman–Crippen LogP) is 2.71. The van der Waals surface area contributed by atoms with Crippen LogP contribution in [0.4, 0.5) is 0 Å². The molecule has 1 amide bonds. The fourth-order valence-electron chi connectivity index (χ4n) is 2.62. The summed E-state index contributed by atoms with van der Waals surface area (Å²) in [6.45, 7) is 2.79. The van der Waals surface area contributed by atoms with Gasteiger partial charge in [0.05, 0.1) is 0 Å². The number of carbonyl (C=O) groups is 1. The van der Waals surface area contributed by atoms with E-state index in [4.69, 9.17) is 0 Å². The highest BCUT2D eigenvalue weighted by Gasteiger charge is 2.33. The summed E-state index contributed by atoms with van der Waals surface area (Å²) in [5.41, 5.74) is 0.897. The molecule has 0 aromatic carbocycles. The average molecular weight is 246 g/mol. The van der Waals surface area contributed by atoms with Crippen LogP contribution in [0.3, 0.4) is 0 Å². The first kappa shape index (κ1) is 13.1. The average Bonchev–Trinajstić information content (AvgIpc) is 2.41. The highest BCUT2D eigenvalue weighted by atomic mass is 16.2. The zero-order valence-corrected chi connectivity index (χ0v) is 11.1. The van der Waals surface area contributed by atoms with Gasteiger partial charge in [0.2, 0.25) is 5.91 Å². The summed E-state index contributed by atoms with van der Waals surface area (Å²) in [7, 11) is 0. The minimum atomic E-state index is -0.137. The van der Waals surface area contributed by atoms with E-state index in [-0.39, 0.29) is 11.3 Å². The van der Waals surface area contributed by atoms with Crippen molar-refractivity contribution in [3.05, 3.63) is 30.1 Å². The van der Waals surface area contributed by atoms with Gasteiger partial charge in [0.1, 0.15) is 0 Å². The summed E-state index contributed by atoms with van der Waals surface area (Å²) in [6.07, 6.45) is 8.30. The maximum absolute atomic E-state index is 12.2. The Kier molecular flexibility index (Phi) is 4.34. The molecule has 1 aliphatic rings. The van der Waals surface area contributed by atoms with E-state index >= 15 is 0 Å². The van der Waals surface area contributed by atoms with Gasteiger partial charge in [-0.3, -0.25) is 9.78 Å². The van der Waals surface area contributed by atoms with Gasteiger partial charge < -0.3 is 5.32 Å². The molecule has 2 rings (SSSR count). The second-order valence-electron chi connectivity index (χ2n) is 5.45. The van der Waals surface area contributed by atoms with Crippen molar-refractivity contribution in [2.75, 3.05) is 6.54 Å². The fourth-order valence-corrected chi connectivity index (χ4v) is 2.62. The lowest BCUT2D eigenvalue weighted by Gasteiger charge is -2.32. The minimum absolute atomic E-state index is 0.137. The largest absolute Gasteiger partial charge is 0.355 e. The lowest BCUT2D eigenvalue weighted by atomic mass is 9.75. The molecule has 3 heteroatoms. The Bertz CT molecular complexity index is 383. The Morgan fingerprint density at radius 3 is 2.78 bits per heavy atom. The number of pyridine rings is 1. The molecule has 0 bridgehead atoms. The molecule has 3 nitrogen and oxygen atoms in total. The van der Waals surface area contributed by atoms with E-state index in [1.807, 2.05) is 18.2 Å². The molecule has 1 fully saturated rings. The summed E-state index contributed by atoms with van der Waals surface area (Å²) in [5, 5.41) is 3.06. The molecule has 0 radical (unpaired) electrons. The van der Waals surface area contributed by atoms with Gasteiger partial charge in [-0.1, -0.05) is 32.3 Å². The van der Waals surface area contributed by atoms with Crippen LogP contribution in [0.15, 0.2) is 24.4 Å². The summed E-state index contributed by atoms with van der Waals surface area (Å²) in [4.78, 5) is 16.4. The lowest BCUT2D eigenvalue weighted by Crippen LogP contribution is -2.41. The normalized spacial score (nSPS) is 18.3. The van der Waals surface area contributed by atoms with E-state index in [1.165, 1.54) is 19.3 Å². The number of aromatic nitrogens is 1. The molecule has 0 saturated heterocycles. The summed E-state index contributed by atoms with van der Waals surface area (Å²) in [5.74, 6) is 0.220. The Hall–Kier alpha value is -1.38. The maximum Gasteiger partial charge on any atom is 0.225 e. The van der Waals surface area contributed by atoms with Crippen LogP contribution < -0.4 is 5.32 Å². The first-order valence-electron chi connectivity index (χ1n) is 6.89. The minimum Gasteiger partial charge on any atom is -0.355 e. The van der Waals surface area contributed by atoms with Crippen LogP contribution in [-0.4, -0.2) is 17.4 Å². The van der Waals surface area contributed by atoms with Crippen molar-refractivity contribution in [1.82, 2.24) is 10.3 Å². The van der Waals surface area contributed by atoms with Gasteiger partial charge in [-0.2, -0.15) is 0 Å². The summed E-state index contributed by atoms with van der Waals surface area (Å²) in [6, 6.07) is 5.88. The van der Waals surface area contributed by atoms with Crippen LogP contribution in [0.2, 0.25) is 0 Å². The second-order valence-corrected chi connectivity index (χ2v) is 5.45. The second kappa shape index (κ2) is 5.98. The highest BCUT2D eigenvalue weighted by molar-refractivity contribution is 5.82. The van der Waals surface area contributed by atoms with E-state index in [0.717, 1.165) is 25.0 Å². The standard InChI is InChI=1S/C15H22N2O/c1-15(9-4-2-5-10-15)14(18)17-12-8-13-7-3-6-11-16-13/h3,6-7,11H,2,4-5,8-10,12H2,1H3,(H,17,18). The molecule has 1 aromatic rings. The van der Waals surface area contributed by atoms with Crippen molar-refractivity contribution < 1.29 is 4.79 Å². The van der Waals surface area contributed by atoms with Gasteiger partial charge in [0, 0.05) is 30.3 Å². The van der Waals surface area contributed by atoms with Crippen LogP contribution in [0, 0.1) is 5.41 Å². The van der Waals surface area contributed by atoms with Gasteiger partial charge >= 0.3 is 0 Å². The first-order valence-corrected chi connectivity index (χ1v) is 6.89. The quantitative estimate of drug-likeness (QED) is 0.887. The molecule has 18 heavy (non-hydrogen) atoms. The van der Waals surface area contributed by atoms with Crippen molar-refractivity contribution >= 4 is 5.91 Å². The number of carbonyl (C=O) groups excluding carboxylic acids is 1. The first-order chi connectivity index (χ1) is 8.71. The van der Waals surface area contributed by atoms with E-state index in [2.05, 4.69) is 17.2 Å². The van der Waals surface area contributed by atoms with Crippen LogP contribution in [0.1, 0.15) is 44.7 Å². The maximum atomic E-state index is 12.2. The van der Waals surface area contributed by atoms with E-state index in [9.17, 15) is 4.79 Å². The number of nitrogens with one attached hydrogen (secondary N) is 1. The molecular weight excluding hydrogens is 224 g/mol. The molecule has 98 valence electrons. The van der Waals surface area contributed by atoms with Gasteiger partial charge in [0.15, 0.2) is 0 Å². The van der Waals surface area contributed by atoms with Crippen LogP contribution >= 0.6 is 0 Å². The predicted molar refractivity (Wildman–Crippen MR) is 72.1 cm³/mol. The Balaban J connectivity index is 1.78. The number of hydrogen-bond acceptors (Lipinski definition) is 2. The molecule has 0 unspecified atom stereocenters. The van der Waals surface area contributed by atoms with Gasteiger partial charge in [-0.05, 0) is 25.0 Å². The molecule has 1 aliphatic carbocycles. The smallest absolute Gasteiger partial charge is 0.225 e. The summed E-state index contributed by atoms with van der Waals surface area (Å²) < 4.78 is 0. The Morgan fingerprint density at radius 1 is 1.33 bits per heavy atom. The van der Waals surface area contributed by atoms with Crippen molar-refractivity contribution in [3.63, 3.8) is 0 Å². The molecule has 0 atom stereocenters. The summed E-state index contributed by atoms with van der Waals surface area (Å²) >= 11 is 0. The molecule has 1 heterocycles. The van der Waals surface area contributed by atoms with Gasteiger partial charge in [-0.15, -0.1) is 0 Å². The van der Waals surface area contributed by atoms with Gasteiger partial charge in [0.25, 0.3) is 0 Å². The molecule has 0 spiro atoms. The van der Waals surface area contributed by atoms with Gasteiger partial charge in [-0.25, -0.2) is 0 Å². The highest BCUT2D eigenvalue weighted by Crippen LogP contribution is 2.35. The number of nitrogens with zero attached hydrogens (tertiary/aromatic N) is 1. The SMILES string of the molecule is CC1(C(=O)NCCc2ccccn2)CCCCC1. The van der Waals surface area contributed by atoms with Crippen molar-refractivity contribution in [3.8, 4) is 0 Å². The monoisotopic (exact) mass is 246 g/mol. The zero-order valence-electron chi connectivity index (χ0n) is 11.1. The van der Waals surface area contributed by atoms with Crippen molar-refractivity contribution in [2.24, 2.45) is 5.41 Å². The molecular formula is C15H22N2O. The van der Waals surface area contributed by atoms with Crippen LogP contribution in [0.25, 0.3) is 0 Å². The Labute approximate surface area is 109 Å². The molecule has 1 N–H and O–H groups in total. The van der Waals surface area contributed by atoms with Crippen LogP contribution in [-0.2, 0) is 11.2 Å². The van der Waals surface area contributed by atoms with Crippen molar-refractivity contribution in [1.29, 1.82) is 0 Å². The lowest BCUT2D eigenvalue weighted by molar-refractivity contribution is -0.131. The van der Waals surface area contributed by atoms with Crippen molar-refractivity contribution in [2.45, 2.75) is 45.4 Å². The third kappa shape index (κ3) is 3.31. The Morgan fingerprint density at radius 2 is 2.11 bits per heavy atom. The third-order valence-electron chi connectivity index (χ3n) is 3.90. The fraction of sp³-hybridized carbons (Fsp3) is 0.600. The van der Waals surface area contributed by atoms with E-state index in [1.54, 1.807) is 6.20 Å². The number of amides is 1.